The summed E-state index contributed by atoms with van der Waals surface area (Å²) in [4.78, 5) is 28.9. The Morgan fingerprint density at radius 3 is 3.05 bits per heavy atom. The molecule has 1 aliphatic heterocycles. The molecule has 0 saturated carbocycles. The molecule has 2 rings (SSSR count). The fraction of sp³-hybridized carbons (Fsp3) is 0.462. The van der Waals surface area contributed by atoms with E-state index < -0.39 is 0 Å². The van der Waals surface area contributed by atoms with Crippen molar-refractivity contribution in [3.63, 3.8) is 0 Å². The highest BCUT2D eigenvalue weighted by Gasteiger charge is 2.19. The molecule has 1 aliphatic rings. The van der Waals surface area contributed by atoms with Crippen LogP contribution in [-0.2, 0) is 4.79 Å². The molecule has 1 aromatic heterocycles. The number of rotatable bonds is 5. The van der Waals surface area contributed by atoms with Crippen LogP contribution in [0.15, 0.2) is 18.3 Å². The molecule has 0 radical (unpaired) electrons. The molecule has 0 bridgehead atoms. The standard InChI is InChI=1S/C13H16ClN3O2/c14-12-10(4-1-6-15-12)13(19)16-7-3-9-17-8-2-5-11(17)18/h1,4,6H,2-3,5,7-9H2,(H,16,19). The molecule has 2 amide bonds. The Morgan fingerprint density at radius 1 is 1.53 bits per heavy atom. The van der Waals surface area contributed by atoms with Crippen molar-refractivity contribution >= 4 is 23.4 Å². The molecule has 0 spiro atoms. The van der Waals surface area contributed by atoms with Crippen LogP contribution in [0, 0.1) is 0 Å². The van der Waals surface area contributed by atoms with Gasteiger partial charge in [-0.05, 0) is 25.0 Å². The van der Waals surface area contributed by atoms with Crippen molar-refractivity contribution in [1.29, 1.82) is 0 Å². The quantitative estimate of drug-likeness (QED) is 0.657. The zero-order valence-electron chi connectivity index (χ0n) is 10.6. The molecule has 1 N–H and O–H groups in total. The first kappa shape index (κ1) is 13.8. The second-order valence-corrected chi connectivity index (χ2v) is 4.79. The lowest BCUT2D eigenvalue weighted by atomic mass is 10.2. The van der Waals surface area contributed by atoms with E-state index in [0.29, 0.717) is 25.1 Å². The molecule has 19 heavy (non-hydrogen) atoms. The number of nitrogens with one attached hydrogen (secondary N) is 1. The molecule has 0 unspecified atom stereocenters. The number of carbonyl (C=O) groups is 2. The zero-order valence-corrected chi connectivity index (χ0v) is 11.3. The first-order valence-electron chi connectivity index (χ1n) is 6.35. The third-order valence-corrected chi connectivity index (χ3v) is 3.37. The Labute approximate surface area is 117 Å². The number of hydrogen-bond donors (Lipinski definition) is 1. The van der Waals surface area contributed by atoms with Gasteiger partial charge in [0.1, 0.15) is 5.15 Å². The van der Waals surface area contributed by atoms with Crippen molar-refractivity contribution in [2.24, 2.45) is 0 Å². The van der Waals surface area contributed by atoms with Gasteiger partial charge in [-0.25, -0.2) is 4.98 Å². The number of carbonyl (C=O) groups excluding carboxylic acids is 2. The highest BCUT2D eigenvalue weighted by molar-refractivity contribution is 6.32. The summed E-state index contributed by atoms with van der Waals surface area (Å²) in [6.07, 6.45) is 3.88. The minimum atomic E-state index is -0.231. The van der Waals surface area contributed by atoms with E-state index in [1.807, 2.05) is 4.90 Å². The maximum Gasteiger partial charge on any atom is 0.254 e. The lowest BCUT2D eigenvalue weighted by Crippen LogP contribution is -2.30. The van der Waals surface area contributed by atoms with Crippen LogP contribution in [-0.4, -0.2) is 41.3 Å². The van der Waals surface area contributed by atoms with Crippen LogP contribution in [0.25, 0.3) is 0 Å². The van der Waals surface area contributed by atoms with Gasteiger partial charge in [-0.1, -0.05) is 11.6 Å². The number of aromatic nitrogens is 1. The molecule has 2 heterocycles. The Balaban J connectivity index is 1.72. The SMILES string of the molecule is O=C(NCCCN1CCCC1=O)c1cccnc1Cl. The Bertz CT molecular complexity index is 479. The summed E-state index contributed by atoms with van der Waals surface area (Å²) in [6, 6.07) is 3.30. The molecule has 102 valence electrons. The Hall–Kier alpha value is -1.62. The molecule has 1 aromatic rings. The average Bonchev–Trinajstić information content (AvgIpc) is 2.80. The summed E-state index contributed by atoms with van der Waals surface area (Å²) < 4.78 is 0. The number of halogens is 1. The maximum absolute atomic E-state index is 11.8. The van der Waals surface area contributed by atoms with Crippen molar-refractivity contribution in [1.82, 2.24) is 15.2 Å². The third kappa shape index (κ3) is 3.67. The van der Waals surface area contributed by atoms with Crippen molar-refractivity contribution in [2.75, 3.05) is 19.6 Å². The first-order valence-corrected chi connectivity index (χ1v) is 6.73. The highest BCUT2D eigenvalue weighted by Crippen LogP contribution is 2.11. The van der Waals surface area contributed by atoms with Gasteiger partial charge in [0, 0.05) is 32.3 Å². The fourth-order valence-corrected chi connectivity index (χ4v) is 2.27. The Kier molecular flexibility index (Phi) is 4.74. The lowest BCUT2D eigenvalue weighted by Gasteiger charge is -2.15. The van der Waals surface area contributed by atoms with Crippen LogP contribution >= 0.6 is 11.6 Å². The van der Waals surface area contributed by atoms with Gasteiger partial charge in [-0.2, -0.15) is 0 Å². The van der Waals surface area contributed by atoms with E-state index in [-0.39, 0.29) is 17.0 Å². The van der Waals surface area contributed by atoms with Crippen LogP contribution < -0.4 is 5.32 Å². The predicted molar refractivity (Wildman–Crippen MR) is 72.0 cm³/mol. The first-order chi connectivity index (χ1) is 9.18. The third-order valence-electron chi connectivity index (χ3n) is 3.07. The summed E-state index contributed by atoms with van der Waals surface area (Å²) in [5, 5.41) is 2.98. The van der Waals surface area contributed by atoms with Gasteiger partial charge in [0.05, 0.1) is 5.56 Å². The van der Waals surface area contributed by atoms with Gasteiger partial charge >= 0.3 is 0 Å². The molecular weight excluding hydrogens is 266 g/mol. The number of amides is 2. The van der Waals surface area contributed by atoms with Crippen LogP contribution in [0.3, 0.4) is 0 Å². The summed E-state index contributed by atoms with van der Waals surface area (Å²) in [5.74, 6) is -0.0209. The second kappa shape index (κ2) is 6.52. The molecule has 1 fully saturated rings. The van der Waals surface area contributed by atoms with Crippen LogP contribution in [0.1, 0.15) is 29.6 Å². The summed E-state index contributed by atoms with van der Waals surface area (Å²) in [6.45, 7) is 2.05. The molecule has 0 aliphatic carbocycles. The number of hydrogen-bond acceptors (Lipinski definition) is 3. The van der Waals surface area contributed by atoms with Gasteiger partial charge in [0.25, 0.3) is 5.91 Å². The van der Waals surface area contributed by atoms with Crippen LogP contribution in [0.4, 0.5) is 0 Å². The second-order valence-electron chi connectivity index (χ2n) is 4.44. The fourth-order valence-electron chi connectivity index (χ4n) is 2.06. The summed E-state index contributed by atoms with van der Waals surface area (Å²) in [5.41, 5.74) is 0.376. The average molecular weight is 282 g/mol. The van der Waals surface area contributed by atoms with Crippen LogP contribution in [0.2, 0.25) is 5.15 Å². The van der Waals surface area contributed by atoms with E-state index in [1.54, 1.807) is 12.1 Å². The van der Waals surface area contributed by atoms with Gasteiger partial charge in [0.15, 0.2) is 0 Å². The summed E-state index contributed by atoms with van der Waals surface area (Å²) >= 11 is 5.83. The van der Waals surface area contributed by atoms with E-state index in [4.69, 9.17) is 11.6 Å². The number of pyridine rings is 1. The highest BCUT2D eigenvalue weighted by atomic mass is 35.5. The smallest absolute Gasteiger partial charge is 0.254 e. The molecule has 0 atom stereocenters. The van der Waals surface area contributed by atoms with E-state index >= 15 is 0 Å². The van der Waals surface area contributed by atoms with Crippen LogP contribution in [0.5, 0.6) is 0 Å². The van der Waals surface area contributed by atoms with Gasteiger partial charge in [-0.3, -0.25) is 9.59 Å². The van der Waals surface area contributed by atoms with Crippen molar-refractivity contribution < 1.29 is 9.59 Å². The molecule has 1 saturated heterocycles. The van der Waals surface area contributed by atoms with E-state index in [0.717, 1.165) is 19.4 Å². The van der Waals surface area contributed by atoms with Gasteiger partial charge < -0.3 is 10.2 Å². The number of nitrogens with zero attached hydrogens (tertiary/aromatic N) is 2. The predicted octanol–water partition coefficient (Wildman–Crippen LogP) is 1.48. The van der Waals surface area contributed by atoms with E-state index in [1.165, 1.54) is 6.20 Å². The normalized spacial score (nSPS) is 14.8. The van der Waals surface area contributed by atoms with E-state index in [9.17, 15) is 9.59 Å². The summed E-state index contributed by atoms with van der Waals surface area (Å²) in [7, 11) is 0. The number of likely N-dealkylation sites (tertiary alicyclic amines) is 1. The van der Waals surface area contributed by atoms with Crippen molar-refractivity contribution in [2.45, 2.75) is 19.3 Å². The topological polar surface area (TPSA) is 62.3 Å². The molecule has 0 aromatic carbocycles. The van der Waals surface area contributed by atoms with E-state index in [2.05, 4.69) is 10.3 Å². The van der Waals surface area contributed by atoms with Gasteiger partial charge in [0.2, 0.25) is 5.91 Å². The van der Waals surface area contributed by atoms with Crippen molar-refractivity contribution in [3.05, 3.63) is 29.0 Å². The lowest BCUT2D eigenvalue weighted by molar-refractivity contribution is -0.127. The maximum atomic E-state index is 11.8. The zero-order chi connectivity index (χ0) is 13.7. The minimum absolute atomic E-state index is 0.203. The molecular formula is C13H16ClN3O2. The Morgan fingerprint density at radius 2 is 2.37 bits per heavy atom. The van der Waals surface area contributed by atoms with Crippen molar-refractivity contribution in [3.8, 4) is 0 Å². The molecule has 6 heteroatoms. The largest absolute Gasteiger partial charge is 0.352 e. The monoisotopic (exact) mass is 281 g/mol. The minimum Gasteiger partial charge on any atom is -0.352 e. The molecule has 5 nitrogen and oxygen atoms in total. The van der Waals surface area contributed by atoms with Gasteiger partial charge in [-0.15, -0.1) is 0 Å².